The van der Waals surface area contributed by atoms with Gasteiger partial charge in [-0.15, -0.1) is 0 Å². The van der Waals surface area contributed by atoms with Crippen LogP contribution in [0.5, 0.6) is 0 Å². The number of nitrogens with zero attached hydrogens (tertiary/aromatic N) is 3. The number of morpholine rings is 1. The number of benzene rings is 1. The number of aromatic nitrogens is 2. The molecule has 1 fully saturated rings. The molecule has 1 aliphatic rings. The van der Waals surface area contributed by atoms with E-state index in [-0.39, 0.29) is 18.6 Å². The molecule has 3 rings (SSSR count). The number of carbonyl (C=O) groups is 1. The molecule has 1 atom stereocenters. The normalized spacial score (nSPS) is 18.7. The van der Waals surface area contributed by atoms with Crippen molar-refractivity contribution in [2.75, 3.05) is 26.4 Å². The Balaban J connectivity index is 1.78. The smallest absolute Gasteiger partial charge is 0.254 e. The van der Waals surface area contributed by atoms with E-state index in [1.165, 1.54) is 0 Å². The van der Waals surface area contributed by atoms with Crippen LogP contribution in [-0.2, 0) is 4.74 Å². The van der Waals surface area contributed by atoms with Gasteiger partial charge in [0, 0.05) is 24.5 Å². The lowest BCUT2D eigenvalue weighted by molar-refractivity contribution is -0.0183. The predicted octanol–water partition coefficient (Wildman–Crippen LogP) is 0.706. The number of aliphatic hydroxyl groups is 1. The summed E-state index contributed by atoms with van der Waals surface area (Å²) in [6.07, 6.45) is 3.55. The van der Waals surface area contributed by atoms with Crippen LogP contribution in [0.4, 0.5) is 0 Å². The van der Waals surface area contributed by atoms with Crippen LogP contribution in [0.15, 0.2) is 42.7 Å². The number of carbonyl (C=O) groups excluding carboxylic acids is 1. The van der Waals surface area contributed by atoms with E-state index >= 15 is 0 Å². The highest BCUT2D eigenvalue weighted by Gasteiger charge is 2.27. The van der Waals surface area contributed by atoms with Crippen LogP contribution in [-0.4, -0.2) is 58.1 Å². The minimum absolute atomic E-state index is 0.0793. The van der Waals surface area contributed by atoms with Crippen molar-refractivity contribution in [3.63, 3.8) is 0 Å². The third-order valence-corrected chi connectivity index (χ3v) is 3.58. The Morgan fingerprint density at radius 1 is 1.38 bits per heavy atom. The van der Waals surface area contributed by atoms with Crippen molar-refractivity contribution in [1.29, 1.82) is 0 Å². The Bertz CT molecular complexity index is 595. The second kappa shape index (κ2) is 6.07. The van der Waals surface area contributed by atoms with E-state index in [0.717, 1.165) is 5.69 Å². The van der Waals surface area contributed by atoms with Crippen molar-refractivity contribution in [1.82, 2.24) is 14.7 Å². The second-order valence-corrected chi connectivity index (χ2v) is 4.91. The number of hydrogen-bond donors (Lipinski definition) is 1. The van der Waals surface area contributed by atoms with E-state index < -0.39 is 0 Å². The van der Waals surface area contributed by atoms with Crippen molar-refractivity contribution in [2.45, 2.75) is 6.04 Å². The average Bonchev–Trinajstić information content (AvgIpc) is 3.09. The van der Waals surface area contributed by atoms with Crippen molar-refractivity contribution in [2.24, 2.45) is 0 Å². The summed E-state index contributed by atoms with van der Waals surface area (Å²) in [6, 6.07) is 8.85. The Labute approximate surface area is 122 Å². The van der Waals surface area contributed by atoms with Gasteiger partial charge in [0.2, 0.25) is 0 Å². The van der Waals surface area contributed by atoms with Gasteiger partial charge >= 0.3 is 0 Å². The van der Waals surface area contributed by atoms with E-state index in [9.17, 15) is 9.90 Å². The quantitative estimate of drug-likeness (QED) is 0.902. The van der Waals surface area contributed by atoms with Crippen LogP contribution in [0.25, 0.3) is 5.69 Å². The number of amides is 1. The van der Waals surface area contributed by atoms with Crippen LogP contribution >= 0.6 is 0 Å². The molecule has 0 saturated carbocycles. The first-order valence-corrected chi connectivity index (χ1v) is 6.89. The fraction of sp³-hybridized carbons (Fsp3) is 0.333. The zero-order valence-corrected chi connectivity index (χ0v) is 11.6. The number of ether oxygens (including phenoxy) is 1. The van der Waals surface area contributed by atoms with Crippen LogP contribution in [0, 0.1) is 0 Å². The molecule has 0 aliphatic carbocycles. The molecule has 21 heavy (non-hydrogen) atoms. The lowest BCUT2D eigenvalue weighted by Crippen LogP contribution is -2.50. The first kappa shape index (κ1) is 13.8. The van der Waals surface area contributed by atoms with Crippen molar-refractivity contribution >= 4 is 5.91 Å². The molecule has 2 aromatic rings. The number of hydrogen-bond acceptors (Lipinski definition) is 4. The molecule has 1 aromatic carbocycles. The highest BCUT2D eigenvalue weighted by atomic mass is 16.5. The largest absolute Gasteiger partial charge is 0.394 e. The lowest BCUT2D eigenvalue weighted by Gasteiger charge is -2.34. The second-order valence-electron chi connectivity index (χ2n) is 4.91. The molecule has 6 nitrogen and oxygen atoms in total. The predicted molar refractivity (Wildman–Crippen MR) is 76.3 cm³/mol. The number of rotatable bonds is 3. The molecular formula is C15H17N3O3. The van der Waals surface area contributed by atoms with Crippen LogP contribution in [0.1, 0.15) is 10.4 Å². The van der Waals surface area contributed by atoms with Gasteiger partial charge in [0.15, 0.2) is 0 Å². The summed E-state index contributed by atoms with van der Waals surface area (Å²) in [5.74, 6) is -0.0793. The summed E-state index contributed by atoms with van der Waals surface area (Å²) < 4.78 is 7.03. The minimum atomic E-state index is -0.267. The summed E-state index contributed by atoms with van der Waals surface area (Å²) >= 11 is 0. The third-order valence-electron chi connectivity index (χ3n) is 3.58. The molecule has 0 bridgehead atoms. The summed E-state index contributed by atoms with van der Waals surface area (Å²) in [5, 5.41) is 13.5. The highest BCUT2D eigenvalue weighted by molar-refractivity contribution is 5.94. The van der Waals surface area contributed by atoms with Gasteiger partial charge in [0.25, 0.3) is 5.91 Å². The Kier molecular flexibility index (Phi) is 3.98. The highest BCUT2D eigenvalue weighted by Crippen LogP contribution is 2.14. The summed E-state index contributed by atoms with van der Waals surface area (Å²) in [5.41, 5.74) is 1.50. The maximum Gasteiger partial charge on any atom is 0.254 e. The Morgan fingerprint density at radius 2 is 2.19 bits per heavy atom. The molecule has 0 radical (unpaired) electrons. The molecular weight excluding hydrogens is 270 g/mol. The fourth-order valence-corrected chi connectivity index (χ4v) is 2.42. The Morgan fingerprint density at radius 3 is 2.86 bits per heavy atom. The summed E-state index contributed by atoms with van der Waals surface area (Å²) in [6.45, 7) is 1.31. The molecule has 1 N–H and O–H groups in total. The topological polar surface area (TPSA) is 67.6 Å². The van der Waals surface area contributed by atoms with Gasteiger partial charge in [-0.2, -0.15) is 5.10 Å². The van der Waals surface area contributed by atoms with E-state index in [0.29, 0.717) is 25.3 Å². The zero-order chi connectivity index (χ0) is 14.7. The standard InChI is InChI=1S/C15H17N3O3/c19-10-14-11-21-9-8-17(14)15(20)12-2-4-13(5-3-12)18-7-1-6-16-18/h1-7,14,19H,8-11H2. The van der Waals surface area contributed by atoms with Gasteiger partial charge in [0.1, 0.15) is 0 Å². The molecule has 1 amide bonds. The van der Waals surface area contributed by atoms with E-state index in [1.54, 1.807) is 27.9 Å². The van der Waals surface area contributed by atoms with Crippen molar-refractivity contribution in [3.8, 4) is 5.69 Å². The maximum atomic E-state index is 12.5. The van der Waals surface area contributed by atoms with Gasteiger partial charge in [-0.25, -0.2) is 4.68 Å². The molecule has 1 aromatic heterocycles. The first-order valence-electron chi connectivity index (χ1n) is 6.89. The van der Waals surface area contributed by atoms with Gasteiger partial charge in [-0.3, -0.25) is 4.79 Å². The van der Waals surface area contributed by atoms with Gasteiger partial charge in [-0.05, 0) is 30.3 Å². The van der Waals surface area contributed by atoms with Gasteiger partial charge in [-0.1, -0.05) is 0 Å². The van der Waals surface area contributed by atoms with Gasteiger partial charge in [0.05, 0.1) is 31.5 Å². The summed E-state index contributed by atoms with van der Waals surface area (Å²) in [7, 11) is 0. The maximum absolute atomic E-state index is 12.5. The Hall–Kier alpha value is -2.18. The zero-order valence-electron chi connectivity index (χ0n) is 11.6. The third kappa shape index (κ3) is 2.81. The molecule has 1 saturated heterocycles. The van der Waals surface area contributed by atoms with E-state index in [4.69, 9.17) is 4.74 Å². The molecule has 1 unspecified atom stereocenters. The fourth-order valence-electron chi connectivity index (χ4n) is 2.42. The SMILES string of the molecule is O=C(c1ccc(-n2cccn2)cc1)N1CCOCC1CO. The number of aliphatic hydroxyl groups excluding tert-OH is 1. The molecule has 0 spiro atoms. The first-order chi connectivity index (χ1) is 10.3. The molecule has 1 aliphatic heterocycles. The van der Waals surface area contributed by atoms with Crippen molar-refractivity contribution in [3.05, 3.63) is 48.3 Å². The minimum Gasteiger partial charge on any atom is -0.394 e. The molecule has 2 heterocycles. The molecule has 110 valence electrons. The van der Waals surface area contributed by atoms with E-state index in [1.807, 2.05) is 24.4 Å². The van der Waals surface area contributed by atoms with Crippen molar-refractivity contribution < 1.29 is 14.6 Å². The van der Waals surface area contributed by atoms with Gasteiger partial charge < -0.3 is 14.7 Å². The van der Waals surface area contributed by atoms with Crippen LogP contribution in [0.3, 0.4) is 0 Å². The van der Waals surface area contributed by atoms with Crippen LogP contribution < -0.4 is 0 Å². The monoisotopic (exact) mass is 287 g/mol. The lowest BCUT2D eigenvalue weighted by atomic mass is 10.1. The van der Waals surface area contributed by atoms with E-state index in [2.05, 4.69) is 5.10 Å². The molecule has 6 heteroatoms. The average molecular weight is 287 g/mol. The summed E-state index contributed by atoms with van der Waals surface area (Å²) in [4.78, 5) is 14.2. The van der Waals surface area contributed by atoms with Crippen LogP contribution in [0.2, 0.25) is 0 Å².